The smallest absolute Gasteiger partial charge is 0.266 e. The van der Waals surface area contributed by atoms with Crippen molar-refractivity contribution in [1.82, 2.24) is 14.9 Å². The molecular weight excluding hydrogens is 453 g/mol. The third-order valence-electron chi connectivity index (χ3n) is 4.57. The fourth-order valence-electron chi connectivity index (χ4n) is 3.04. The minimum absolute atomic E-state index is 0.100. The third kappa shape index (κ3) is 4.93. The van der Waals surface area contributed by atoms with E-state index in [1.807, 2.05) is 18.2 Å². The molecule has 8 heteroatoms. The Morgan fingerprint density at radius 1 is 0.968 bits per heavy atom. The van der Waals surface area contributed by atoms with Gasteiger partial charge in [0.2, 0.25) is 5.91 Å². The zero-order valence-electron chi connectivity index (χ0n) is 16.2. The van der Waals surface area contributed by atoms with E-state index < -0.39 is 0 Å². The average Bonchev–Trinajstić information content (AvgIpc) is 2.78. The highest BCUT2D eigenvalue weighted by Gasteiger charge is 2.16. The summed E-state index contributed by atoms with van der Waals surface area (Å²) in [5.74, 6) is -0.0731. The van der Waals surface area contributed by atoms with Gasteiger partial charge in [-0.15, -0.1) is 0 Å². The first-order valence-electron chi connectivity index (χ1n) is 9.43. The number of fused-ring (bicyclic) bond motifs is 1. The number of amides is 1. The number of thioether (sulfide) groups is 1. The van der Waals surface area contributed by atoms with Gasteiger partial charge in [-0.3, -0.25) is 14.2 Å². The fourth-order valence-corrected chi connectivity index (χ4v) is 4.22. The molecule has 0 saturated carbocycles. The lowest BCUT2D eigenvalue weighted by atomic mass is 10.2. The molecule has 1 heterocycles. The van der Waals surface area contributed by atoms with Crippen molar-refractivity contribution in [2.24, 2.45) is 0 Å². The number of nitrogens with one attached hydrogen (secondary N) is 1. The van der Waals surface area contributed by atoms with Gasteiger partial charge in [-0.1, -0.05) is 71.4 Å². The summed E-state index contributed by atoms with van der Waals surface area (Å²) in [5, 5.41) is 4.82. The molecule has 1 aromatic heterocycles. The molecule has 31 heavy (non-hydrogen) atoms. The van der Waals surface area contributed by atoms with Gasteiger partial charge in [0.15, 0.2) is 5.16 Å². The van der Waals surface area contributed by atoms with Crippen molar-refractivity contribution in [1.29, 1.82) is 0 Å². The summed E-state index contributed by atoms with van der Waals surface area (Å²) < 4.78 is 1.46. The van der Waals surface area contributed by atoms with Crippen LogP contribution in [-0.2, 0) is 11.3 Å². The second-order valence-electron chi connectivity index (χ2n) is 6.70. The van der Waals surface area contributed by atoms with Gasteiger partial charge in [-0.05, 0) is 42.0 Å². The maximum Gasteiger partial charge on any atom is 0.266 e. The molecule has 0 aliphatic carbocycles. The quantitative estimate of drug-likeness (QED) is 0.315. The molecule has 4 rings (SSSR count). The Bertz CT molecular complexity index is 1310. The van der Waals surface area contributed by atoms with Crippen molar-refractivity contribution in [3.63, 3.8) is 0 Å². The van der Waals surface area contributed by atoms with Gasteiger partial charge in [-0.25, -0.2) is 4.98 Å². The number of hydrogen-bond acceptors (Lipinski definition) is 4. The summed E-state index contributed by atoms with van der Waals surface area (Å²) in [6.45, 7) is 0.388. The lowest BCUT2D eigenvalue weighted by Gasteiger charge is -2.14. The van der Waals surface area contributed by atoms with Crippen LogP contribution in [0.1, 0.15) is 5.56 Å². The Hall–Kier alpha value is -2.80. The molecule has 1 N–H and O–H groups in total. The van der Waals surface area contributed by atoms with Crippen molar-refractivity contribution in [3.05, 3.63) is 98.8 Å². The molecule has 1 amide bonds. The van der Waals surface area contributed by atoms with E-state index in [0.29, 0.717) is 38.3 Å². The minimum atomic E-state index is -0.234. The average molecular weight is 470 g/mol. The first-order chi connectivity index (χ1) is 15.0. The van der Waals surface area contributed by atoms with Crippen LogP contribution in [-0.4, -0.2) is 21.2 Å². The molecule has 0 radical (unpaired) electrons. The lowest BCUT2D eigenvalue weighted by Crippen LogP contribution is -2.26. The SMILES string of the molecule is O=C(CSc1nc2ccccc2c(=O)n1-c1ccccc1Cl)NCc1ccc(Cl)cc1. The Labute approximate surface area is 193 Å². The van der Waals surface area contributed by atoms with Crippen molar-refractivity contribution >= 4 is 51.8 Å². The van der Waals surface area contributed by atoms with Gasteiger partial charge in [0.25, 0.3) is 5.56 Å². The highest BCUT2D eigenvalue weighted by atomic mass is 35.5. The van der Waals surface area contributed by atoms with E-state index in [9.17, 15) is 9.59 Å². The van der Waals surface area contributed by atoms with E-state index in [0.717, 1.165) is 5.56 Å². The van der Waals surface area contributed by atoms with Crippen LogP contribution in [0.4, 0.5) is 0 Å². The molecule has 0 saturated heterocycles. The standard InChI is InChI=1S/C23H17Cl2N3O2S/c24-16-11-9-15(10-12-16)13-26-21(29)14-31-23-27-19-7-3-1-5-17(19)22(30)28(23)20-8-4-2-6-18(20)25/h1-12H,13-14H2,(H,26,29). The van der Waals surface area contributed by atoms with Gasteiger partial charge >= 0.3 is 0 Å². The van der Waals surface area contributed by atoms with Crippen LogP contribution in [0.2, 0.25) is 10.0 Å². The van der Waals surface area contributed by atoms with Crippen LogP contribution >= 0.6 is 35.0 Å². The Balaban J connectivity index is 1.60. The molecule has 4 aromatic rings. The molecule has 0 bridgehead atoms. The summed E-state index contributed by atoms with van der Waals surface area (Å²) in [4.78, 5) is 30.3. The molecule has 156 valence electrons. The largest absolute Gasteiger partial charge is 0.351 e. The van der Waals surface area contributed by atoms with Crippen molar-refractivity contribution < 1.29 is 4.79 Å². The highest BCUT2D eigenvalue weighted by molar-refractivity contribution is 7.99. The monoisotopic (exact) mass is 469 g/mol. The van der Waals surface area contributed by atoms with Crippen LogP contribution in [0, 0.1) is 0 Å². The first-order valence-corrected chi connectivity index (χ1v) is 11.2. The molecular formula is C23H17Cl2N3O2S. The zero-order chi connectivity index (χ0) is 21.8. The second kappa shape index (κ2) is 9.56. The van der Waals surface area contributed by atoms with Gasteiger partial charge in [0.1, 0.15) is 0 Å². The number of benzene rings is 3. The number of aromatic nitrogens is 2. The van der Waals surface area contributed by atoms with Gasteiger partial charge in [0.05, 0.1) is 27.4 Å². The summed E-state index contributed by atoms with van der Waals surface area (Å²) in [6, 6.07) is 21.4. The van der Waals surface area contributed by atoms with E-state index in [1.54, 1.807) is 54.6 Å². The second-order valence-corrected chi connectivity index (χ2v) is 8.48. The van der Waals surface area contributed by atoms with Gasteiger partial charge < -0.3 is 5.32 Å². The van der Waals surface area contributed by atoms with E-state index in [4.69, 9.17) is 23.2 Å². The normalized spacial score (nSPS) is 10.9. The molecule has 0 aliphatic heterocycles. The van der Waals surface area contributed by atoms with Crippen LogP contribution in [0.25, 0.3) is 16.6 Å². The number of nitrogens with zero attached hydrogens (tertiary/aromatic N) is 2. The summed E-state index contributed by atoms with van der Waals surface area (Å²) in [6.07, 6.45) is 0. The van der Waals surface area contributed by atoms with Gasteiger partial charge in [0, 0.05) is 11.6 Å². The Morgan fingerprint density at radius 3 is 2.45 bits per heavy atom. The molecule has 0 unspecified atom stereocenters. The first kappa shape index (κ1) is 21.4. The van der Waals surface area contributed by atoms with E-state index in [-0.39, 0.29) is 17.2 Å². The number of rotatable bonds is 6. The Morgan fingerprint density at radius 2 is 1.68 bits per heavy atom. The number of carbonyl (C=O) groups excluding carboxylic acids is 1. The number of hydrogen-bond donors (Lipinski definition) is 1. The Kier molecular flexibility index (Phi) is 6.61. The zero-order valence-corrected chi connectivity index (χ0v) is 18.5. The van der Waals surface area contributed by atoms with Crippen LogP contribution < -0.4 is 10.9 Å². The third-order valence-corrected chi connectivity index (χ3v) is 6.08. The molecule has 0 aliphatic rings. The summed E-state index contributed by atoms with van der Waals surface area (Å²) in [7, 11) is 0. The van der Waals surface area contributed by atoms with E-state index in [1.165, 1.54) is 16.3 Å². The predicted octanol–water partition coefficient (Wildman–Crippen LogP) is 5.10. The minimum Gasteiger partial charge on any atom is -0.351 e. The summed E-state index contributed by atoms with van der Waals surface area (Å²) in [5.41, 5.74) is 1.80. The van der Waals surface area contributed by atoms with E-state index in [2.05, 4.69) is 10.3 Å². The maximum atomic E-state index is 13.2. The molecule has 5 nitrogen and oxygen atoms in total. The fraction of sp³-hybridized carbons (Fsp3) is 0.0870. The topological polar surface area (TPSA) is 64.0 Å². The van der Waals surface area contributed by atoms with Gasteiger partial charge in [-0.2, -0.15) is 0 Å². The number of halogens is 2. The predicted molar refractivity (Wildman–Crippen MR) is 126 cm³/mol. The molecule has 0 atom stereocenters. The number of carbonyl (C=O) groups is 1. The van der Waals surface area contributed by atoms with Crippen LogP contribution in [0.15, 0.2) is 82.7 Å². The molecule has 3 aromatic carbocycles. The lowest BCUT2D eigenvalue weighted by molar-refractivity contribution is -0.118. The van der Waals surface area contributed by atoms with Crippen LogP contribution in [0.3, 0.4) is 0 Å². The van der Waals surface area contributed by atoms with Crippen molar-refractivity contribution in [2.45, 2.75) is 11.7 Å². The van der Waals surface area contributed by atoms with Crippen LogP contribution in [0.5, 0.6) is 0 Å². The molecule has 0 fully saturated rings. The number of para-hydroxylation sites is 2. The highest BCUT2D eigenvalue weighted by Crippen LogP contribution is 2.25. The molecule has 0 spiro atoms. The van der Waals surface area contributed by atoms with Crippen molar-refractivity contribution in [3.8, 4) is 5.69 Å². The maximum absolute atomic E-state index is 13.2. The van der Waals surface area contributed by atoms with Crippen molar-refractivity contribution in [2.75, 3.05) is 5.75 Å². The van der Waals surface area contributed by atoms with E-state index >= 15 is 0 Å². The summed E-state index contributed by atoms with van der Waals surface area (Å²) >= 11 is 13.4.